The molecule has 1 saturated carbocycles. The Morgan fingerprint density at radius 3 is 2.00 bits per heavy atom. The average molecular weight is 535 g/mol. The van der Waals surface area contributed by atoms with Crippen molar-refractivity contribution in [2.75, 3.05) is 18.8 Å². The van der Waals surface area contributed by atoms with Crippen molar-refractivity contribution in [2.45, 2.75) is 70.5 Å². The highest BCUT2D eigenvalue weighted by Gasteiger charge is 2.27. The van der Waals surface area contributed by atoms with Crippen LogP contribution in [0.3, 0.4) is 0 Å². The van der Waals surface area contributed by atoms with E-state index in [9.17, 15) is 16.8 Å². The van der Waals surface area contributed by atoms with Crippen molar-refractivity contribution in [3.8, 4) is 0 Å². The van der Waals surface area contributed by atoms with Crippen molar-refractivity contribution >= 4 is 20.0 Å². The highest BCUT2D eigenvalue weighted by molar-refractivity contribution is 7.90. The Balaban J connectivity index is 1.39. The van der Waals surface area contributed by atoms with Crippen LogP contribution in [-0.4, -0.2) is 40.9 Å². The van der Waals surface area contributed by atoms with Gasteiger partial charge in [-0.15, -0.1) is 0 Å². The Kier molecular flexibility index (Phi) is 10.5. The summed E-state index contributed by atoms with van der Waals surface area (Å²) >= 11 is 0. The van der Waals surface area contributed by atoms with E-state index in [0.29, 0.717) is 43.7 Å². The zero-order chi connectivity index (χ0) is 26.2. The number of hydrogen-bond donors (Lipinski definition) is 2. The number of rotatable bonds is 13. The van der Waals surface area contributed by atoms with Crippen LogP contribution in [0, 0.1) is 11.8 Å². The third kappa shape index (κ3) is 8.98. The molecule has 0 aromatic heterocycles. The van der Waals surface area contributed by atoms with Crippen molar-refractivity contribution in [3.05, 3.63) is 71.3 Å². The first-order valence-electron chi connectivity index (χ1n) is 13.1. The molecule has 1 aliphatic carbocycles. The summed E-state index contributed by atoms with van der Waals surface area (Å²) in [7, 11) is -6.50. The van der Waals surface area contributed by atoms with Gasteiger partial charge in [0.05, 0.1) is 11.0 Å². The van der Waals surface area contributed by atoms with Crippen LogP contribution in [0.15, 0.2) is 54.6 Å². The molecular formula is C28H42N2O4S2. The molecule has 1 unspecified atom stereocenters. The molecule has 2 aromatic carbocycles. The Bertz CT molecular complexity index is 1140. The second kappa shape index (κ2) is 13.2. The topological polar surface area (TPSA) is 92.3 Å². The molecule has 2 N–H and O–H groups in total. The van der Waals surface area contributed by atoms with Crippen LogP contribution in [0.4, 0.5) is 0 Å². The SMILES string of the molecule is CC(CNS(=O)(=O)C(C)C)C1CCC(c2ccc(CCNS(=O)(=O)CCc3ccccc3)cc2)CC1. The maximum Gasteiger partial charge on any atom is 0.213 e. The molecule has 6 nitrogen and oxygen atoms in total. The Hall–Kier alpha value is -1.74. The molecule has 0 radical (unpaired) electrons. The van der Waals surface area contributed by atoms with Gasteiger partial charge in [0.2, 0.25) is 20.0 Å². The first kappa shape index (κ1) is 28.8. The van der Waals surface area contributed by atoms with E-state index in [2.05, 4.69) is 40.6 Å². The van der Waals surface area contributed by atoms with Gasteiger partial charge in [0.15, 0.2) is 0 Å². The molecule has 8 heteroatoms. The average Bonchev–Trinajstić information content (AvgIpc) is 2.87. The van der Waals surface area contributed by atoms with E-state index < -0.39 is 25.3 Å². The first-order chi connectivity index (χ1) is 17.1. The van der Waals surface area contributed by atoms with Gasteiger partial charge in [0.1, 0.15) is 0 Å². The monoisotopic (exact) mass is 534 g/mol. The van der Waals surface area contributed by atoms with Crippen molar-refractivity contribution in [1.29, 1.82) is 0 Å². The molecule has 1 atom stereocenters. The van der Waals surface area contributed by atoms with E-state index in [1.807, 2.05) is 30.3 Å². The molecule has 1 fully saturated rings. The van der Waals surface area contributed by atoms with Gasteiger partial charge in [0.25, 0.3) is 0 Å². The van der Waals surface area contributed by atoms with Gasteiger partial charge in [-0.05, 0) is 86.8 Å². The number of nitrogens with one attached hydrogen (secondary N) is 2. The zero-order valence-corrected chi connectivity index (χ0v) is 23.5. The summed E-state index contributed by atoms with van der Waals surface area (Å²) in [4.78, 5) is 0. The van der Waals surface area contributed by atoms with E-state index in [-0.39, 0.29) is 5.75 Å². The molecule has 3 rings (SSSR count). The van der Waals surface area contributed by atoms with Crippen LogP contribution in [-0.2, 0) is 32.9 Å². The van der Waals surface area contributed by atoms with Crippen molar-refractivity contribution < 1.29 is 16.8 Å². The van der Waals surface area contributed by atoms with E-state index in [1.54, 1.807) is 13.8 Å². The highest BCUT2D eigenvalue weighted by atomic mass is 32.2. The summed E-state index contributed by atoms with van der Waals surface area (Å²) in [5.41, 5.74) is 3.50. The standard InChI is InChI=1S/C28H42N2O4S2/c1-22(2)36(33,34)30-21-23(3)26-13-15-28(16-14-26)27-11-9-25(10-12-27)17-19-29-35(31,32)20-18-24-7-5-4-6-8-24/h4-12,22-23,26,28-30H,13-21H2,1-3H3. The smallest absolute Gasteiger partial charge is 0.213 e. The van der Waals surface area contributed by atoms with Crippen LogP contribution in [0.1, 0.15) is 69.1 Å². The quantitative estimate of drug-likeness (QED) is 0.392. The maximum atomic E-state index is 12.3. The van der Waals surface area contributed by atoms with Crippen molar-refractivity contribution in [2.24, 2.45) is 11.8 Å². The summed E-state index contributed by atoms with van der Waals surface area (Å²) in [5.74, 6) is 1.51. The lowest BCUT2D eigenvalue weighted by Gasteiger charge is -2.32. The molecule has 2 aromatic rings. The molecular weight excluding hydrogens is 492 g/mol. The van der Waals surface area contributed by atoms with Gasteiger partial charge in [-0.1, -0.05) is 61.5 Å². The second-order valence-electron chi connectivity index (χ2n) is 10.5. The van der Waals surface area contributed by atoms with Gasteiger partial charge in [-0.3, -0.25) is 0 Å². The molecule has 0 spiro atoms. The highest BCUT2D eigenvalue weighted by Crippen LogP contribution is 2.38. The van der Waals surface area contributed by atoms with Gasteiger partial charge in [-0.2, -0.15) is 0 Å². The van der Waals surface area contributed by atoms with Gasteiger partial charge in [0, 0.05) is 13.1 Å². The number of benzene rings is 2. The summed E-state index contributed by atoms with van der Waals surface area (Å²) < 4.78 is 54.2. The van der Waals surface area contributed by atoms with Gasteiger partial charge >= 0.3 is 0 Å². The zero-order valence-electron chi connectivity index (χ0n) is 21.8. The fourth-order valence-corrected chi connectivity index (χ4v) is 6.77. The minimum Gasteiger partial charge on any atom is -0.215 e. The summed E-state index contributed by atoms with van der Waals surface area (Å²) in [6.45, 7) is 6.48. The molecule has 200 valence electrons. The normalized spacial score (nSPS) is 19.9. The minimum atomic E-state index is -3.29. The third-order valence-electron chi connectivity index (χ3n) is 7.49. The lowest BCUT2D eigenvalue weighted by Crippen LogP contribution is -2.36. The van der Waals surface area contributed by atoms with E-state index in [4.69, 9.17) is 0 Å². The molecule has 0 aliphatic heterocycles. The Morgan fingerprint density at radius 2 is 1.39 bits per heavy atom. The van der Waals surface area contributed by atoms with E-state index in [0.717, 1.165) is 36.8 Å². The number of aryl methyl sites for hydroxylation is 1. The molecule has 36 heavy (non-hydrogen) atoms. The molecule has 0 bridgehead atoms. The Morgan fingerprint density at radius 1 is 0.778 bits per heavy atom. The fourth-order valence-electron chi connectivity index (χ4n) is 4.88. The number of hydrogen-bond acceptors (Lipinski definition) is 4. The second-order valence-corrected chi connectivity index (χ2v) is 14.7. The van der Waals surface area contributed by atoms with Crippen LogP contribution in [0.5, 0.6) is 0 Å². The van der Waals surface area contributed by atoms with E-state index >= 15 is 0 Å². The van der Waals surface area contributed by atoms with Crippen LogP contribution < -0.4 is 9.44 Å². The third-order valence-corrected chi connectivity index (χ3v) is 10.7. The largest absolute Gasteiger partial charge is 0.215 e. The van der Waals surface area contributed by atoms with Crippen molar-refractivity contribution in [3.63, 3.8) is 0 Å². The van der Waals surface area contributed by atoms with Gasteiger partial charge in [-0.25, -0.2) is 26.3 Å². The van der Waals surface area contributed by atoms with E-state index in [1.165, 1.54) is 5.56 Å². The lowest BCUT2D eigenvalue weighted by molar-refractivity contribution is 0.246. The van der Waals surface area contributed by atoms with Crippen LogP contribution >= 0.6 is 0 Å². The maximum absolute atomic E-state index is 12.3. The molecule has 1 aliphatic rings. The predicted molar refractivity (Wildman–Crippen MR) is 148 cm³/mol. The summed E-state index contributed by atoms with van der Waals surface area (Å²) in [6.07, 6.45) is 5.64. The fraction of sp³-hybridized carbons (Fsp3) is 0.571. The Labute approximate surface area is 218 Å². The van der Waals surface area contributed by atoms with Crippen LogP contribution in [0.2, 0.25) is 0 Å². The summed E-state index contributed by atoms with van der Waals surface area (Å²) in [6, 6.07) is 18.3. The van der Waals surface area contributed by atoms with Crippen LogP contribution in [0.25, 0.3) is 0 Å². The molecule has 0 saturated heterocycles. The van der Waals surface area contributed by atoms with Gasteiger partial charge < -0.3 is 0 Å². The summed E-state index contributed by atoms with van der Waals surface area (Å²) in [5, 5.41) is -0.400. The minimum absolute atomic E-state index is 0.0981. The predicted octanol–water partition coefficient (Wildman–Crippen LogP) is 4.63. The number of sulfonamides is 2. The first-order valence-corrected chi connectivity index (χ1v) is 16.3. The van der Waals surface area contributed by atoms with Crippen molar-refractivity contribution in [1.82, 2.24) is 9.44 Å². The molecule has 0 heterocycles. The lowest BCUT2D eigenvalue weighted by atomic mass is 9.74. The molecule has 0 amide bonds.